The molecule has 2 amide bonds. The van der Waals surface area contributed by atoms with Crippen LogP contribution in [-0.4, -0.2) is 24.4 Å². The molecule has 0 heterocycles. The maximum atomic E-state index is 11.9. The largest absolute Gasteiger partial charge is 0.368 e. The number of hydrogen-bond donors (Lipinski definition) is 3. The molecule has 0 aliphatic heterocycles. The summed E-state index contributed by atoms with van der Waals surface area (Å²) < 4.78 is 0. The van der Waals surface area contributed by atoms with Gasteiger partial charge in [-0.2, -0.15) is 0 Å². The van der Waals surface area contributed by atoms with Gasteiger partial charge in [0.2, 0.25) is 5.91 Å². The molecule has 5 heteroatoms. The third-order valence-corrected chi connectivity index (χ3v) is 2.59. The predicted octanol–water partition coefficient (Wildman–Crippen LogP) is -0.0912. The van der Waals surface area contributed by atoms with E-state index in [0.717, 1.165) is 11.1 Å². The molecule has 1 rings (SSSR count). The van der Waals surface area contributed by atoms with Crippen molar-refractivity contribution in [1.29, 1.82) is 0 Å². The topological polar surface area (TPSA) is 98.2 Å². The number of carbonyl (C=O) groups excluding carboxylic acids is 2. The molecule has 0 saturated carbocycles. The molecule has 0 spiro atoms. The number of nitrogens with two attached hydrogens (primary N) is 2. The molecular formula is C14H17N3O2. The zero-order valence-electron chi connectivity index (χ0n) is 11.0. The standard InChI is InChI=1S/C14H17N3O2/c1-9-8-12(6-5-11(9)4-3-7-15)14(19)17-10(2)13(16)18/h5-6,8,10H,7,15H2,1-2H3,(H2,16,18)(H,17,19). The summed E-state index contributed by atoms with van der Waals surface area (Å²) in [4.78, 5) is 22.7. The van der Waals surface area contributed by atoms with Crippen molar-refractivity contribution < 1.29 is 9.59 Å². The van der Waals surface area contributed by atoms with Crippen molar-refractivity contribution in [2.24, 2.45) is 11.5 Å². The van der Waals surface area contributed by atoms with Gasteiger partial charge in [-0.25, -0.2) is 0 Å². The second-order valence-electron chi connectivity index (χ2n) is 4.13. The molecule has 0 aromatic heterocycles. The van der Waals surface area contributed by atoms with Crippen LogP contribution in [0.3, 0.4) is 0 Å². The van der Waals surface area contributed by atoms with Crippen molar-refractivity contribution in [2.75, 3.05) is 6.54 Å². The van der Waals surface area contributed by atoms with Crippen LogP contribution in [0.2, 0.25) is 0 Å². The van der Waals surface area contributed by atoms with Crippen LogP contribution < -0.4 is 16.8 Å². The van der Waals surface area contributed by atoms with E-state index in [1.165, 1.54) is 6.92 Å². The van der Waals surface area contributed by atoms with Gasteiger partial charge in [0, 0.05) is 11.1 Å². The van der Waals surface area contributed by atoms with Crippen molar-refractivity contribution in [2.45, 2.75) is 19.9 Å². The van der Waals surface area contributed by atoms with Gasteiger partial charge in [-0.15, -0.1) is 0 Å². The minimum atomic E-state index is -0.704. The van der Waals surface area contributed by atoms with Gasteiger partial charge in [0.25, 0.3) is 5.91 Å². The van der Waals surface area contributed by atoms with Crippen molar-refractivity contribution in [3.8, 4) is 11.8 Å². The highest BCUT2D eigenvalue weighted by Gasteiger charge is 2.14. The lowest BCUT2D eigenvalue weighted by Gasteiger charge is -2.10. The molecule has 100 valence electrons. The lowest BCUT2D eigenvalue weighted by molar-refractivity contribution is -0.119. The Hall–Kier alpha value is -2.32. The monoisotopic (exact) mass is 259 g/mol. The van der Waals surface area contributed by atoms with Crippen molar-refractivity contribution in [1.82, 2.24) is 5.32 Å². The van der Waals surface area contributed by atoms with Gasteiger partial charge in [-0.3, -0.25) is 9.59 Å². The van der Waals surface area contributed by atoms with Crippen molar-refractivity contribution >= 4 is 11.8 Å². The normalized spacial score (nSPS) is 11.1. The molecule has 1 atom stereocenters. The average molecular weight is 259 g/mol. The van der Waals surface area contributed by atoms with E-state index in [-0.39, 0.29) is 12.5 Å². The summed E-state index contributed by atoms with van der Waals surface area (Å²) in [5.41, 5.74) is 12.6. The number of amides is 2. The highest BCUT2D eigenvalue weighted by atomic mass is 16.2. The first-order valence-electron chi connectivity index (χ1n) is 5.85. The van der Waals surface area contributed by atoms with Crippen LogP contribution in [0.5, 0.6) is 0 Å². The summed E-state index contributed by atoms with van der Waals surface area (Å²) in [6.45, 7) is 3.68. The van der Waals surface area contributed by atoms with E-state index in [0.29, 0.717) is 5.56 Å². The van der Waals surface area contributed by atoms with Gasteiger partial charge < -0.3 is 16.8 Å². The molecule has 0 bridgehead atoms. The first kappa shape index (κ1) is 14.7. The molecule has 5 nitrogen and oxygen atoms in total. The second kappa shape index (κ2) is 6.57. The fourth-order valence-electron chi connectivity index (χ4n) is 1.44. The first-order chi connectivity index (χ1) is 8.95. The fourth-order valence-corrected chi connectivity index (χ4v) is 1.44. The number of benzene rings is 1. The van der Waals surface area contributed by atoms with Gasteiger partial charge in [-0.1, -0.05) is 11.8 Å². The SMILES string of the molecule is Cc1cc(C(=O)NC(C)C(N)=O)ccc1C#CCN. The van der Waals surface area contributed by atoms with Crippen LogP contribution in [0.1, 0.15) is 28.4 Å². The maximum absolute atomic E-state index is 11.9. The van der Waals surface area contributed by atoms with Crippen LogP contribution in [-0.2, 0) is 4.79 Å². The smallest absolute Gasteiger partial charge is 0.251 e. The van der Waals surface area contributed by atoms with E-state index in [2.05, 4.69) is 17.2 Å². The lowest BCUT2D eigenvalue weighted by atomic mass is 10.0. The predicted molar refractivity (Wildman–Crippen MR) is 73.2 cm³/mol. The summed E-state index contributed by atoms with van der Waals surface area (Å²) in [6.07, 6.45) is 0. The van der Waals surface area contributed by atoms with E-state index in [9.17, 15) is 9.59 Å². The van der Waals surface area contributed by atoms with E-state index < -0.39 is 11.9 Å². The van der Waals surface area contributed by atoms with Crippen LogP contribution in [0.15, 0.2) is 18.2 Å². The Bertz CT molecular complexity index is 556. The van der Waals surface area contributed by atoms with Crippen LogP contribution in [0.4, 0.5) is 0 Å². The maximum Gasteiger partial charge on any atom is 0.251 e. The highest BCUT2D eigenvalue weighted by Crippen LogP contribution is 2.10. The summed E-state index contributed by atoms with van der Waals surface area (Å²) >= 11 is 0. The second-order valence-corrected chi connectivity index (χ2v) is 4.13. The number of rotatable bonds is 3. The van der Waals surface area contributed by atoms with Crippen molar-refractivity contribution in [3.63, 3.8) is 0 Å². The Kier molecular flexibility index (Phi) is 5.10. The van der Waals surface area contributed by atoms with Crippen LogP contribution >= 0.6 is 0 Å². The molecule has 0 fully saturated rings. The summed E-state index contributed by atoms with van der Waals surface area (Å²) in [5, 5.41) is 2.52. The van der Waals surface area contributed by atoms with E-state index in [4.69, 9.17) is 11.5 Å². The minimum absolute atomic E-state index is 0.289. The fraction of sp³-hybridized carbons (Fsp3) is 0.286. The van der Waals surface area contributed by atoms with E-state index in [1.807, 2.05) is 6.92 Å². The highest BCUT2D eigenvalue weighted by molar-refractivity contribution is 5.97. The molecule has 0 aliphatic carbocycles. The quantitative estimate of drug-likeness (QED) is 0.661. The molecule has 19 heavy (non-hydrogen) atoms. The van der Waals surface area contributed by atoms with E-state index in [1.54, 1.807) is 18.2 Å². The van der Waals surface area contributed by atoms with Gasteiger partial charge in [0.1, 0.15) is 6.04 Å². The molecule has 1 unspecified atom stereocenters. The zero-order valence-corrected chi connectivity index (χ0v) is 11.0. The van der Waals surface area contributed by atoms with Gasteiger partial charge in [0.15, 0.2) is 0 Å². The molecule has 0 saturated heterocycles. The minimum Gasteiger partial charge on any atom is -0.368 e. The number of primary amides is 1. The van der Waals surface area contributed by atoms with Crippen LogP contribution in [0, 0.1) is 18.8 Å². The number of hydrogen-bond acceptors (Lipinski definition) is 3. The third-order valence-electron chi connectivity index (χ3n) is 2.59. The Balaban J connectivity index is 2.89. The molecule has 5 N–H and O–H groups in total. The Morgan fingerprint density at radius 1 is 1.42 bits per heavy atom. The first-order valence-corrected chi connectivity index (χ1v) is 5.85. The van der Waals surface area contributed by atoms with E-state index >= 15 is 0 Å². The zero-order chi connectivity index (χ0) is 14.4. The summed E-state index contributed by atoms with van der Waals surface area (Å²) in [6, 6.07) is 4.41. The Morgan fingerprint density at radius 3 is 2.63 bits per heavy atom. The molecule has 1 aromatic carbocycles. The molecule has 0 aliphatic rings. The van der Waals surface area contributed by atoms with Gasteiger partial charge in [-0.05, 0) is 37.6 Å². The van der Waals surface area contributed by atoms with Gasteiger partial charge >= 0.3 is 0 Å². The summed E-state index contributed by atoms with van der Waals surface area (Å²) in [5.74, 6) is 4.76. The number of nitrogens with one attached hydrogen (secondary N) is 1. The number of aryl methyl sites for hydroxylation is 1. The molecule has 0 radical (unpaired) electrons. The Morgan fingerprint density at radius 2 is 2.11 bits per heavy atom. The van der Waals surface area contributed by atoms with Gasteiger partial charge in [0.05, 0.1) is 6.54 Å². The average Bonchev–Trinajstić information content (AvgIpc) is 2.36. The Labute approximate surface area is 112 Å². The number of carbonyl (C=O) groups is 2. The van der Waals surface area contributed by atoms with Crippen molar-refractivity contribution in [3.05, 3.63) is 34.9 Å². The van der Waals surface area contributed by atoms with Crippen LogP contribution in [0.25, 0.3) is 0 Å². The summed E-state index contributed by atoms with van der Waals surface area (Å²) in [7, 11) is 0. The molecular weight excluding hydrogens is 242 g/mol. The lowest BCUT2D eigenvalue weighted by Crippen LogP contribution is -2.42. The third kappa shape index (κ3) is 4.12. The molecule has 1 aromatic rings.